The molecular weight excluding hydrogens is 534 g/mol. The highest BCUT2D eigenvalue weighted by Gasteiger charge is 2.67. The number of nitrogens with zero attached hydrogens (tertiary/aromatic N) is 4. The highest BCUT2D eigenvalue weighted by atomic mass is 35.5. The van der Waals surface area contributed by atoms with Gasteiger partial charge in [-0.15, -0.1) is 0 Å². The number of carbonyl (C=O) groups is 1. The van der Waals surface area contributed by atoms with Gasteiger partial charge in [0.15, 0.2) is 0 Å². The number of likely N-dealkylation sites (tertiary alicyclic amines) is 1. The minimum Gasteiger partial charge on any atom is -0.489 e. The standard InChI is InChI=1S/C33H38ClN5O2/c1-32(2)30(33(3,4)31(32)41-25-9-6-23(16-35)27(34)15-25)39-20-28-26(29(39)40)10-8-24(37-28)7-5-22-18-38(19-22)17-21-11-13-36-14-12-21/h6,8-10,15,21-22,30-31,36H,11-14,17-20H2,1-4H3/t30-,31-. The first-order valence-electron chi connectivity index (χ1n) is 14.7. The van der Waals surface area contributed by atoms with Crippen molar-refractivity contribution in [1.29, 1.82) is 5.26 Å². The first-order valence-corrected chi connectivity index (χ1v) is 15.1. The number of halogens is 1. The van der Waals surface area contributed by atoms with E-state index >= 15 is 0 Å². The summed E-state index contributed by atoms with van der Waals surface area (Å²) in [5, 5.41) is 13.0. The van der Waals surface area contributed by atoms with Gasteiger partial charge in [0.1, 0.15) is 23.6 Å². The van der Waals surface area contributed by atoms with Crippen LogP contribution in [-0.2, 0) is 6.54 Å². The second kappa shape index (κ2) is 10.6. The van der Waals surface area contributed by atoms with Crippen molar-refractivity contribution in [2.24, 2.45) is 22.7 Å². The molecule has 0 radical (unpaired) electrons. The smallest absolute Gasteiger partial charge is 0.256 e. The monoisotopic (exact) mass is 571 g/mol. The van der Waals surface area contributed by atoms with Crippen molar-refractivity contribution in [2.75, 3.05) is 32.7 Å². The van der Waals surface area contributed by atoms with Crippen LogP contribution >= 0.6 is 11.6 Å². The zero-order valence-electron chi connectivity index (χ0n) is 24.3. The van der Waals surface area contributed by atoms with Gasteiger partial charge in [0.2, 0.25) is 0 Å². The summed E-state index contributed by atoms with van der Waals surface area (Å²) in [6.45, 7) is 14.6. The summed E-state index contributed by atoms with van der Waals surface area (Å²) in [6, 6.07) is 11.0. The topological polar surface area (TPSA) is 81.5 Å². The molecule has 6 rings (SSSR count). The highest BCUT2D eigenvalue weighted by Crippen LogP contribution is 2.59. The van der Waals surface area contributed by atoms with Crippen molar-refractivity contribution in [3.8, 4) is 23.7 Å². The minimum absolute atomic E-state index is 0.0191. The Hall–Kier alpha value is -3.10. The molecule has 0 bridgehead atoms. The number of aromatic nitrogens is 1. The number of rotatable bonds is 5. The van der Waals surface area contributed by atoms with Crippen LogP contribution in [0.25, 0.3) is 0 Å². The summed E-state index contributed by atoms with van der Waals surface area (Å²) in [7, 11) is 0. The lowest BCUT2D eigenvalue weighted by atomic mass is 9.49. The number of hydrogen-bond acceptors (Lipinski definition) is 6. The summed E-state index contributed by atoms with van der Waals surface area (Å²) in [6.07, 6.45) is 2.40. The third-order valence-corrected chi connectivity index (χ3v) is 9.82. The van der Waals surface area contributed by atoms with Crippen molar-refractivity contribution in [2.45, 2.75) is 59.2 Å². The molecule has 0 atom stereocenters. The maximum atomic E-state index is 13.6. The van der Waals surface area contributed by atoms with E-state index in [9.17, 15) is 10.1 Å². The van der Waals surface area contributed by atoms with Crippen molar-refractivity contribution >= 4 is 17.5 Å². The molecule has 1 aliphatic carbocycles. The molecular formula is C33H38ClN5O2. The molecule has 3 aliphatic heterocycles. The SMILES string of the molecule is CC1(C)[C@H](Oc2ccc(C#N)c(Cl)c2)C(C)(C)[C@H]1N1Cc2nc(C#CC3CN(CC4CCNCC4)C3)ccc2C1=O. The molecule has 0 unspecified atom stereocenters. The lowest BCUT2D eigenvalue weighted by Crippen LogP contribution is -2.74. The summed E-state index contributed by atoms with van der Waals surface area (Å²) >= 11 is 6.25. The van der Waals surface area contributed by atoms with E-state index in [1.807, 2.05) is 17.0 Å². The fraction of sp³-hybridized carbons (Fsp3) is 0.545. The third kappa shape index (κ3) is 5.10. The Morgan fingerprint density at radius 3 is 2.54 bits per heavy atom. The average molecular weight is 572 g/mol. The van der Waals surface area contributed by atoms with Crippen molar-refractivity contribution in [3.63, 3.8) is 0 Å². The van der Waals surface area contributed by atoms with E-state index in [1.54, 1.807) is 18.2 Å². The zero-order chi connectivity index (χ0) is 28.9. The second-order valence-electron chi connectivity index (χ2n) is 13.3. The van der Waals surface area contributed by atoms with Crippen LogP contribution in [0.3, 0.4) is 0 Å². The van der Waals surface area contributed by atoms with Crippen LogP contribution in [0.2, 0.25) is 5.02 Å². The Morgan fingerprint density at radius 1 is 1.12 bits per heavy atom. The van der Waals surface area contributed by atoms with Crippen molar-refractivity contribution in [3.05, 3.63) is 57.9 Å². The third-order valence-electron chi connectivity index (χ3n) is 9.51. The average Bonchev–Trinajstić information content (AvgIpc) is 3.23. The van der Waals surface area contributed by atoms with E-state index in [0.29, 0.717) is 34.4 Å². The van der Waals surface area contributed by atoms with Crippen LogP contribution < -0.4 is 10.1 Å². The molecule has 1 aromatic heterocycles. The van der Waals surface area contributed by atoms with Gasteiger partial charge in [0.05, 0.1) is 28.4 Å². The van der Waals surface area contributed by atoms with Gasteiger partial charge in [-0.05, 0) is 62.0 Å². The van der Waals surface area contributed by atoms with Crippen LogP contribution in [0.4, 0.5) is 0 Å². The number of pyridine rings is 1. The van der Waals surface area contributed by atoms with Crippen LogP contribution in [0.15, 0.2) is 30.3 Å². The number of carbonyl (C=O) groups excluding carboxylic acids is 1. The van der Waals surface area contributed by atoms with Gasteiger partial charge >= 0.3 is 0 Å². The van der Waals surface area contributed by atoms with E-state index in [-0.39, 0.29) is 28.9 Å². The summed E-state index contributed by atoms with van der Waals surface area (Å²) in [5.74, 6) is 8.56. The molecule has 1 saturated carbocycles. The van der Waals surface area contributed by atoms with Gasteiger partial charge in [0.25, 0.3) is 5.91 Å². The Kier molecular flexibility index (Phi) is 7.27. The molecule has 1 amide bonds. The van der Waals surface area contributed by atoms with E-state index in [0.717, 1.165) is 43.5 Å². The van der Waals surface area contributed by atoms with Gasteiger partial charge in [-0.3, -0.25) is 4.79 Å². The number of hydrogen-bond donors (Lipinski definition) is 1. The Morgan fingerprint density at radius 2 is 1.85 bits per heavy atom. The first kappa shape index (κ1) is 28.0. The van der Waals surface area contributed by atoms with Crippen molar-refractivity contribution < 1.29 is 9.53 Å². The predicted octanol–water partition coefficient (Wildman–Crippen LogP) is 4.73. The van der Waals surface area contributed by atoms with E-state index < -0.39 is 0 Å². The van der Waals surface area contributed by atoms with Gasteiger partial charge in [-0.1, -0.05) is 45.2 Å². The molecule has 1 N–H and O–H groups in total. The number of piperidine rings is 1. The van der Waals surface area contributed by atoms with Gasteiger partial charge in [-0.25, -0.2) is 4.98 Å². The van der Waals surface area contributed by atoms with Crippen LogP contribution in [0.1, 0.15) is 67.8 Å². The second-order valence-corrected chi connectivity index (χ2v) is 13.7. The van der Waals surface area contributed by atoms with Crippen LogP contribution in [-0.4, -0.2) is 65.6 Å². The highest BCUT2D eigenvalue weighted by molar-refractivity contribution is 6.31. The molecule has 4 aliphatic rings. The lowest BCUT2D eigenvalue weighted by Gasteiger charge is -2.65. The van der Waals surface area contributed by atoms with Crippen LogP contribution in [0.5, 0.6) is 5.75 Å². The fourth-order valence-corrected chi connectivity index (χ4v) is 8.12. The molecule has 0 spiro atoms. The number of nitriles is 1. The normalized spacial score (nSPS) is 25.4. The zero-order valence-corrected chi connectivity index (χ0v) is 25.1. The summed E-state index contributed by atoms with van der Waals surface area (Å²) < 4.78 is 6.43. The van der Waals surface area contributed by atoms with E-state index in [2.05, 4.69) is 55.8 Å². The van der Waals surface area contributed by atoms with Crippen molar-refractivity contribution in [1.82, 2.24) is 20.1 Å². The molecule has 3 fully saturated rings. The number of fused-ring (bicyclic) bond motifs is 1. The fourth-order valence-electron chi connectivity index (χ4n) is 7.91. The minimum atomic E-state index is -0.311. The summed E-state index contributed by atoms with van der Waals surface area (Å²) in [5.41, 5.74) is 2.01. The molecule has 214 valence electrons. The summed E-state index contributed by atoms with van der Waals surface area (Å²) in [4.78, 5) is 22.9. The Bertz CT molecular complexity index is 1440. The number of ether oxygens (including phenoxy) is 1. The molecule has 1 aromatic carbocycles. The quantitative estimate of drug-likeness (QED) is 0.523. The molecule has 41 heavy (non-hydrogen) atoms. The maximum absolute atomic E-state index is 13.6. The molecule has 2 aromatic rings. The first-order chi connectivity index (χ1) is 19.6. The predicted molar refractivity (Wildman–Crippen MR) is 158 cm³/mol. The lowest BCUT2D eigenvalue weighted by molar-refractivity contribution is -0.199. The molecule has 7 nitrogen and oxygen atoms in total. The van der Waals surface area contributed by atoms with Gasteiger partial charge < -0.3 is 19.9 Å². The number of amides is 1. The molecule has 8 heteroatoms. The van der Waals surface area contributed by atoms with Gasteiger partial charge in [-0.2, -0.15) is 5.26 Å². The van der Waals surface area contributed by atoms with Gasteiger partial charge in [0, 0.05) is 48.5 Å². The maximum Gasteiger partial charge on any atom is 0.256 e. The Balaban J connectivity index is 1.10. The van der Waals surface area contributed by atoms with Crippen LogP contribution in [0, 0.1) is 45.8 Å². The Labute approximate surface area is 248 Å². The van der Waals surface area contributed by atoms with E-state index in [1.165, 1.54) is 19.4 Å². The van der Waals surface area contributed by atoms with E-state index in [4.69, 9.17) is 21.3 Å². The largest absolute Gasteiger partial charge is 0.489 e. The molecule has 2 saturated heterocycles. The number of benzene rings is 1. The number of nitrogens with one attached hydrogen (secondary N) is 1. The molecule has 4 heterocycles.